The van der Waals surface area contributed by atoms with E-state index in [0.29, 0.717) is 26.2 Å². The van der Waals surface area contributed by atoms with Crippen molar-refractivity contribution in [2.75, 3.05) is 31.1 Å². The van der Waals surface area contributed by atoms with E-state index in [4.69, 9.17) is 5.11 Å². The van der Waals surface area contributed by atoms with Gasteiger partial charge >= 0.3 is 6.09 Å². The van der Waals surface area contributed by atoms with Gasteiger partial charge in [-0.1, -0.05) is 13.3 Å². The standard InChI is InChI=1S/C14H18N4O2S/c1-2-3-10-8-21-13-11(10)12(15-9-16-13)17-4-6-18(7-5-17)14(19)20/h8-9H,2-7H2,1H3,(H,19,20). The van der Waals surface area contributed by atoms with Crippen molar-refractivity contribution in [1.29, 1.82) is 0 Å². The zero-order chi connectivity index (χ0) is 14.8. The number of hydrogen-bond donors (Lipinski definition) is 1. The number of carbonyl (C=O) groups is 1. The van der Waals surface area contributed by atoms with Gasteiger partial charge in [-0.2, -0.15) is 0 Å². The van der Waals surface area contributed by atoms with Crippen LogP contribution in [0.25, 0.3) is 10.2 Å². The molecule has 3 heterocycles. The Labute approximate surface area is 127 Å². The van der Waals surface area contributed by atoms with Crippen molar-refractivity contribution in [3.05, 3.63) is 17.3 Å². The molecule has 1 fully saturated rings. The lowest BCUT2D eigenvalue weighted by molar-refractivity contribution is 0.142. The first kappa shape index (κ1) is 14.1. The van der Waals surface area contributed by atoms with Gasteiger partial charge in [0.05, 0.1) is 5.39 Å². The molecule has 7 heteroatoms. The predicted octanol–water partition coefficient (Wildman–Crippen LogP) is 2.44. The van der Waals surface area contributed by atoms with Crippen LogP contribution in [0.4, 0.5) is 10.6 Å². The van der Waals surface area contributed by atoms with Gasteiger partial charge in [-0.15, -0.1) is 11.3 Å². The summed E-state index contributed by atoms with van der Waals surface area (Å²) in [4.78, 5) is 24.5. The molecule has 1 aliphatic rings. The summed E-state index contributed by atoms with van der Waals surface area (Å²) in [5.74, 6) is 0.953. The lowest BCUT2D eigenvalue weighted by atomic mass is 10.1. The molecular formula is C14H18N4O2S. The average Bonchev–Trinajstić information content (AvgIpc) is 2.91. The highest BCUT2D eigenvalue weighted by Gasteiger charge is 2.23. The average molecular weight is 306 g/mol. The second-order valence-corrected chi connectivity index (χ2v) is 6.00. The molecule has 3 rings (SSSR count). The van der Waals surface area contributed by atoms with Gasteiger partial charge in [0, 0.05) is 26.2 Å². The molecule has 1 amide bonds. The second-order valence-electron chi connectivity index (χ2n) is 5.15. The molecule has 1 N–H and O–H groups in total. The van der Waals surface area contributed by atoms with Gasteiger partial charge in [0.25, 0.3) is 0 Å². The number of thiophene rings is 1. The molecule has 0 aliphatic carbocycles. The molecule has 112 valence electrons. The predicted molar refractivity (Wildman–Crippen MR) is 83.2 cm³/mol. The summed E-state index contributed by atoms with van der Waals surface area (Å²) in [5.41, 5.74) is 1.30. The van der Waals surface area contributed by atoms with E-state index >= 15 is 0 Å². The Hall–Kier alpha value is -1.89. The van der Waals surface area contributed by atoms with E-state index < -0.39 is 6.09 Å². The van der Waals surface area contributed by atoms with Crippen LogP contribution in [0.15, 0.2) is 11.7 Å². The Balaban J connectivity index is 1.90. The maximum atomic E-state index is 11.0. The summed E-state index contributed by atoms with van der Waals surface area (Å²) >= 11 is 1.66. The van der Waals surface area contributed by atoms with E-state index in [0.717, 1.165) is 28.9 Å². The number of aryl methyl sites for hydroxylation is 1. The Morgan fingerprint density at radius 2 is 2.10 bits per heavy atom. The van der Waals surface area contributed by atoms with Gasteiger partial charge in [0.1, 0.15) is 17.0 Å². The topological polar surface area (TPSA) is 69.6 Å². The molecule has 0 bridgehead atoms. The fraction of sp³-hybridized carbons (Fsp3) is 0.500. The van der Waals surface area contributed by atoms with Crippen LogP contribution in [0.1, 0.15) is 18.9 Å². The highest BCUT2D eigenvalue weighted by atomic mass is 32.1. The van der Waals surface area contributed by atoms with E-state index in [1.165, 1.54) is 10.5 Å². The van der Waals surface area contributed by atoms with E-state index in [2.05, 4.69) is 27.2 Å². The molecule has 6 nitrogen and oxygen atoms in total. The van der Waals surface area contributed by atoms with E-state index in [9.17, 15) is 4.79 Å². The minimum atomic E-state index is -0.843. The first-order valence-electron chi connectivity index (χ1n) is 7.14. The Morgan fingerprint density at radius 3 is 2.76 bits per heavy atom. The van der Waals surface area contributed by atoms with Crippen LogP contribution >= 0.6 is 11.3 Å². The van der Waals surface area contributed by atoms with Gasteiger partial charge in [-0.3, -0.25) is 0 Å². The van der Waals surface area contributed by atoms with Gasteiger partial charge in [0.15, 0.2) is 0 Å². The van der Waals surface area contributed by atoms with Crippen LogP contribution in [-0.2, 0) is 6.42 Å². The van der Waals surface area contributed by atoms with Crippen LogP contribution < -0.4 is 4.90 Å². The molecule has 2 aromatic heterocycles. The minimum Gasteiger partial charge on any atom is -0.465 e. The summed E-state index contributed by atoms with van der Waals surface area (Å²) in [6, 6.07) is 0. The Bertz CT molecular complexity index is 649. The van der Waals surface area contributed by atoms with Crippen LogP contribution in [0.2, 0.25) is 0 Å². The second kappa shape index (κ2) is 5.85. The molecule has 21 heavy (non-hydrogen) atoms. The van der Waals surface area contributed by atoms with Crippen molar-refractivity contribution in [2.45, 2.75) is 19.8 Å². The summed E-state index contributed by atoms with van der Waals surface area (Å²) in [7, 11) is 0. The fourth-order valence-electron chi connectivity index (χ4n) is 2.72. The van der Waals surface area contributed by atoms with Crippen molar-refractivity contribution in [2.24, 2.45) is 0 Å². The number of amides is 1. The number of nitrogens with zero attached hydrogens (tertiary/aromatic N) is 4. The van der Waals surface area contributed by atoms with Crippen molar-refractivity contribution in [3.63, 3.8) is 0 Å². The largest absolute Gasteiger partial charge is 0.465 e. The van der Waals surface area contributed by atoms with Crippen molar-refractivity contribution in [3.8, 4) is 0 Å². The zero-order valence-electron chi connectivity index (χ0n) is 11.9. The lowest BCUT2D eigenvalue weighted by Gasteiger charge is -2.34. The number of piperazine rings is 1. The Morgan fingerprint density at radius 1 is 1.33 bits per heavy atom. The molecule has 0 radical (unpaired) electrons. The highest BCUT2D eigenvalue weighted by Crippen LogP contribution is 2.32. The fourth-order valence-corrected chi connectivity index (χ4v) is 3.66. The van der Waals surface area contributed by atoms with Crippen molar-refractivity contribution in [1.82, 2.24) is 14.9 Å². The first-order valence-corrected chi connectivity index (χ1v) is 8.02. The smallest absolute Gasteiger partial charge is 0.407 e. The van der Waals surface area contributed by atoms with Gasteiger partial charge in [-0.05, 0) is 17.4 Å². The number of fused-ring (bicyclic) bond motifs is 1. The molecule has 0 spiro atoms. The van der Waals surface area contributed by atoms with E-state index in [1.54, 1.807) is 17.7 Å². The molecule has 0 atom stereocenters. The third kappa shape index (κ3) is 2.65. The Kier molecular flexibility index (Phi) is 3.92. The SMILES string of the molecule is CCCc1csc2ncnc(N3CCN(C(=O)O)CC3)c12. The quantitative estimate of drug-likeness (QED) is 0.943. The normalized spacial score (nSPS) is 15.7. The lowest BCUT2D eigenvalue weighted by Crippen LogP contribution is -2.48. The third-order valence-corrected chi connectivity index (χ3v) is 4.73. The zero-order valence-corrected chi connectivity index (χ0v) is 12.8. The highest BCUT2D eigenvalue weighted by molar-refractivity contribution is 7.17. The molecule has 0 aromatic carbocycles. The van der Waals surface area contributed by atoms with Crippen LogP contribution in [0.5, 0.6) is 0 Å². The van der Waals surface area contributed by atoms with Crippen molar-refractivity contribution < 1.29 is 9.90 Å². The molecule has 2 aromatic rings. The summed E-state index contributed by atoms with van der Waals surface area (Å²) in [6.07, 6.45) is 2.88. The number of hydrogen-bond acceptors (Lipinski definition) is 5. The minimum absolute atomic E-state index is 0.522. The van der Waals surface area contributed by atoms with Gasteiger partial charge in [0.2, 0.25) is 0 Å². The maximum absolute atomic E-state index is 11.0. The molecule has 0 saturated carbocycles. The third-order valence-electron chi connectivity index (χ3n) is 3.80. The summed E-state index contributed by atoms with van der Waals surface area (Å²) < 4.78 is 0. The molecule has 1 saturated heterocycles. The molecule has 1 aliphatic heterocycles. The number of carboxylic acid groups (broad SMARTS) is 1. The summed E-state index contributed by atoms with van der Waals surface area (Å²) in [5, 5.41) is 12.3. The van der Waals surface area contributed by atoms with Crippen LogP contribution in [0.3, 0.4) is 0 Å². The van der Waals surface area contributed by atoms with E-state index in [-0.39, 0.29) is 0 Å². The van der Waals surface area contributed by atoms with E-state index in [1.807, 2.05) is 0 Å². The van der Waals surface area contributed by atoms with Gasteiger partial charge < -0.3 is 14.9 Å². The number of aromatic nitrogens is 2. The monoisotopic (exact) mass is 306 g/mol. The maximum Gasteiger partial charge on any atom is 0.407 e. The van der Waals surface area contributed by atoms with Gasteiger partial charge in [-0.25, -0.2) is 14.8 Å². The van der Waals surface area contributed by atoms with Crippen molar-refractivity contribution >= 4 is 33.5 Å². The molecular weight excluding hydrogens is 288 g/mol. The van der Waals surface area contributed by atoms with Crippen LogP contribution in [0, 0.1) is 0 Å². The summed E-state index contributed by atoms with van der Waals surface area (Å²) in [6.45, 7) is 4.57. The van der Waals surface area contributed by atoms with Crippen LogP contribution in [-0.4, -0.2) is 52.2 Å². The first-order chi connectivity index (χ1) is 10.2. The molecule has 0 unspecified atom stereocenters. The number of rotatable bonds is 3. The number of anilines is 1.